The van der Waals surface area contributed by atoms with Crippen molar-refractivity contribution in [2.24, 2.45) is 4.99 Å². The molecule has 0 saturated carbocycles. The molecular formula is C19H27F2IN4O2S. The zero-order valence-corrected chi connectivity index (χ0v) is 20.1. The summed E-state index contributed by atoms with van der Waals surface area (Å²) in [5.74, 6) is 1.04. The number of nitrogens with zero attached hydrogens (tertiary/aromatic N) is 3. The summed E-state index contributed by atoms with van der Waals surface area (Å²) in [5.41, 5.74) is 1.82. The first-order valence-corrected chi connectivity index (χ1v) is 9.91. The Balaban J connectivity index is 0.00000420. The van der Waals surface area contributed by atoms with Gasteiger partial charge in [0.05, 0.1) is 30.4 Å². The third kappa shape index (κ3) is 8.29. The number of alkyl halides is 2. The predicted octanol–water partition coefficient (Wildman–Crippen LogP) is 4.67. The van der Waals surface area contributed by atoms with Crippen LogP contribution >= 0.6 is 35.3 Å². The second kappa shape index (κ2) is 12.8. The van der Waals surface area contributed by atoms with Gasteiger partial charge < -0.3 is 19.7 Å². The van der Waals surface area contributed by atoms with E-state index in [1.54, 1.807) is 30.4 Å². The SMILES string of the molecule is CCNC(=NCc1ccc(OC(F)F)c(OCC)c1)N(C)Cc1csc(C)n1.I. The van der Waals surface area contributed by atoms with E-state index in [0.717, 1.165) is 28.8 Å². The van der Waals surface area contributed by atoms with Crippen LogP contribution in [0.5, 0.6) is 11.5 Å². The summed E-state index contributed by atoms with van der Waals surface area (Å²) in [6, 6.07) is 4.87. The molecule has 1 heterocycles. The molecule has 1 aromatic carbocycles. The fraction of sp³-hybridized carbons (Fsp3) is 0.474. The van der Waals surface area contributed by atoms with Crippen molar-refractivity contribution >= 4 is 41.3 Å². The predicted molar refractivity (Wildman–Crippen MR) is 123 cm³/mol. The van der Waals surface area contributed by atoms with Gasteiger partial charge in [0.2, 0.25) is 0 Å². The first-order valence-electron chi connectivity index (χ1n) is 9.03. The van der Waals surface area contributed by atoms with E-state index in [0.29, 0.717) is 19.7 Å². The van der Waals surface area contributed by atoms with Gasteiger partial charge in [0.1, 0.15) is 0 Å². The van der Waals surface area contributed by atoms with Gasteiger partial charge >= 0.3 is 6.61 Å². The molecule has 6 nitrogen and oxygen atoms in total. The molecular weight excluding hydrogens is 513 g/mol. The fourth-order valence-corrected chi connectivity index (χ4v) is 3.15. The van der Waals surface area contributed by atoms with Gasteiger partial charge in [-0.25, -0.2) is 9.98 Å². The van der Waals surface area contributed by atoms with Crippen molar-refractivity contribution in [3.05, 3.63) is 39.8 Å². The van der Waals surface area contributed by atoms with Crippen molar-refractivity contribution < 1.29 is 18.3 Å². The van der Waals surface area contributed by atoms with Gasteiger partial charge in [-0.1, -0.05) is 6.07 Å². The van der Waals surface area contributed by atoms with E-state index < -0.39 is 6.61 Å². The second-order valence-corrected chi connectivity index (χ2v) is 7.04. The summed E-state index contributed by atoms with van der Waals surface area (Å²) in [7, 11) is 1.95. The van der Waals surface area contributed by atoms with Crippen LogP contribution < -0.4 is 14.8 Å². The standard InChI is InChI=1S/C19H26F2N4O2S.HI/c1-5-22-19(25(4)11-15-12-28-13(3)24-15)23-10-14-7-8-16(27-18(20)21)17(9-14)26-6-2;/h7-9,12,18H,5-6,10-11H2,1-4H3,(H,22,23);1H. The Bertz CT molecular complexity index is 789. The van der Waals surface area contributed by atoms with E-state index in [2.05, 4.69) is 20.0 Å². The van der Waals surface area contributed by atoms with Gasteiger partial charge in [-0.05, 0) is 38.5 Å². The number of hydrogen-bond acceptors (Lipinski definition) is 5. The van der Waals surface area contributed by atoms with Gasteiger partial charge in [-0.3, -0.25) is 0 Å². The van der Waals surface area contributed by atoms with E-state index in [1.165, 1.54) is 6.07 Å². The molecule has 162 valence electrons. The molecule has 0 aliphatic heterocycles. The zero-order valence-electron chi connectivity index (χ0n) is 16.9. The Morgan fingerprint density at radius 1 is 1.31 bits per heavy atom. The Hall–Kier alpha value is -1.69. The van der Waals surface area contributed by atoms with Crippen molar-refractivity contribution in [3.8, 4) is 11.5 Å². The van der Waals surface area contributed by atoms with Gasteiger partial charge in [0.15, 0.2) is 17.5 Å². The number of halogens is 3. The minimum atomic E-state index is -2.90. The number of aryl methyl sites for hydroxylation is 1. The lowest BCUT2D eigenvalue weighted by molar-refractivity contribution is -0.0514. The molecule has 1 N–H and O–H groups in total. The Labute approximate surface area is 191 Å². The highest BCUT2D eigenvalue weighted by molar-refractivity contribution is 14.0. The van der Waals surface area contributed by atoms with Gasteiger partial charge in [0, 0.05) is 19.0 Å². The Morgan fingerprint density at radius 3 is 2.66 bits per heavy atom. The lowest BCUT2D eigenvalue weighted by atomic mass is 10.2. The van der Waals surface area contributed by atoms with Crippen LogP contribution in [0.2, 0.25) is 0 Å². The first kappa shape index (κ1) is 25.3. The molecule has 0 aliphatic rings. The molecule has 0 bridgehead atoms. The number of aromatic nitrogens is 1. The average molecular weight is 540 g/mol. The van der Waals surface area contributed by atoms with Crippen LogP contribution in [-0.2, 0) is 13.1 Å². The molecule has 0 fully saturated rings. The number of nitrogens with one attached hydrogen (secondary N) is 1. The summed E-state index contributed by atoms with van der Waals surface area (Å²) in [4.78, 5) is 11.1. The number of guanidine groups is 1. The largest absolute Gasteiger partial charge is 0.490 e. The van der Waals surface area contributed by atoms with Crippen LogP contribution in [0.25, 0.3) is 0 Å². The van der Waals surface area contributed by atoms with E-state index >= 15 is 0 Å². The van der Waals surface area contributed by atoms with E-state index in [-0.39, 0.29) is 35.5 Å². The molecule has 2 aromatic rings. The molecule has 10 heteroatoms. The highest BCUT2D eigenvalue weighted by Gasteiger charge is 2.12. The Morgan fingerprint density at radius 2 is 2.07 bits per heavy atom. The van der Waals surface area contributed by atoms with Crippen molar-refractivity contribution in [2.45, 2.75) is 40.5 Å². The van der Waals surface area contributed by atoms with Crippen LogP contribution in [0.1, 0.15) is 30.1 Å². The third-order valence-corrected chi connectivity index (χ3v) is 4.52. The molecule has 0 aliphatic carbocycles. The van der Waals surface area contributed by atoms with Gasteiger partial charge in [-0.2, -0.15) is 8.78 Å². The molecule has 0 spiro atoms. The molecule has 1 aromatic heterocycles. The number of benzene rings is 1. The van der Waals surface area contributed by atoms with Crippen molar-refractivity contribution in [2.75, 3.05) is 20.2 Å². The van der Waals surface area contributed by atoms with Crippen LogP contribution in [0, 0.1) is 6.92 Å². The highest BCUT2D eigenvalue weighted by Crippen LogP contribution is 2.30. The van der Waals surface area contributed by atoms with Crippen LogP contribution in [0.3, 0.4) is 0 Å². The number of aliphatic imine (C=N–C) groups is 1. The number of hydrogen-bond donors (Lipinski definition) is 1. The fourth-order valence-electron chi connectivity index (χ4n) is 2.55. The minimum Gasteiger partial charge on any atom is -0.490 e. The molecule has 0 amide bonds. The first-order chi connectivity index (χ1) is 13.4. The molecule has 0 radical (unpaired) electrons. The van der Waals surface area contributed by atoms with E-state index in [9.17, 15) is 8.78 Å². The summed E-state index contributed by atoms with van der Waals surface area (Å²) < 4.78 is 35.0. The zero-order chi connectivity index (χ0) is 20.5. The summed E-state index contributed by atoms with van der Waals surface area (Å²) >= 11 is 1.62. The van der Waals surface area contributed by atoms with Gasteiger partial charge in [-0.15, -0.1) is 35.3 Å². The van der Waals surface area contributed by atoms with Crippen LogP contribution in [0.4, 0.5) is 8.78 Å². The maximum Gasteiger partial charge on any atom is 0.387 e. The van der Waals surface area contributed by atoms with Crippen molar-refractivity contribution in [1.29, 1.82) is 0 Å². The number of rotatable bonds is 9. The van der Waals surface area contributed by atoms with Crippen molar-refractivity contribution in [3.63, 3.8) is 0 Å². The third-order valence-electron chi connectivity index (χ3n) is 3.70. The number of thiazole rings is 1. The quantitative estimate of drug-likeness (QED) is 0.285. The molecule has 0 atom stereocenters. The number of ether oxygens (including phenoxy) is 2. The lowest BCUT2D eigenvalue weighted by Gasteiger charge is -2.21. The molecule has 2 rings (SSSR count). The highest BCUT2D eigenvalue weighted by atomic mass is 127. The average Bonchev–Trinajstić information content (AvgIpc) is 3.05. The van der Waals surface area contributed by atoms with Crippen LogP contribution in [-0.4, -0.2) is 42.7 Å². The van der Waals surface area contributed by atoms with Crippen LogP contribution in [0.15, 0.2) is 28.6 Å². The van der Waals surface area contributed by atoms with Crippen molar-refractivity contribution in [1.82, 2.24) is 15.2 Å². The topological polar surface area (TPSA) is 59.0 Å². The summed E-state index contributed by atoms with van der Waals surface area (Å²) in [5, 5.41) is 6.31. The summed E-state index contributed by atoms with van der Waals surface area (Å²) in [6.07, 6.45) is 0. The molecule has 0 unspecified atom stereocenters. The van der Waals surface area contributed by atoms with E-state index in [1.807, 2.05) is 31.2 Å². The lowest BCUT2D eigenvalue weighted by Crippen LogP contribution is -2.38. The van der Waals surface area contributed by atoms with Gasteiger partial charge in [0.25, 0.3) is 0 Å². The molecule has 29 heavy (non-hydrogen) atoms. The van der Waals surface area contributed by atoms with E-state index in [4.69, 9.17) is 4.74 Å². The monoisotopic (exact) mass is 540 g/mol. The maximum atomic E-state index is 12.5. The summed E-state index contributed by atoms with van der Waals surface area (Å²) in [6.45, 7) is 4.96. The minimum absolute atomic E-state index is 0. The normalized spacial score (nSPS) is 11.2. The molecule has 0 saturated heterocycles. The Kier molecular flexibility index (Phi) is 11.2. The smallest absolute Gasteiger partial charge is 0.387 e. The maximum absolute atomic E-state index is 12.5. The second-order valence-electron chi connectivity index (χ2n) is 5.98.